The molecule has 3 rings (SSSR count). The Bertz CT molecular complexity index is 1030. The minimum Gasteiger partial charge on any atom is -0.384 e. The fourth-order valence-electron chi connectivity index (χ4n) is 8.69. The molecule has 2 fully saturated rings. The van der Waals surface area contributed by atoms with Crippen molar-refractivity contribution in [2.24, 2.45) is 45.3 Å². The van der Waals surface area contributed by atoms with Crippen molar-refractivity contribution in [3.8, 4) is 0 Å². The van der Waals surface area contributed by atoms with Crippen molar-refractivity contribution >= 4 is 111 Å². The van der Waals surface area contributed by atoms with Crippen LogP contribution in [0.15, 0.2) is 11.1 Å². The molecule has 0 amide bonds. The van der Waals surface area contributed by atoms with Crippen molar-refractivity contribution in [1.82, 2.24) is 0 Å². The van der Waals surface area contributed by atoms with E-state index in [1.54, 1.807) is 0 Å². The lowest BCUT2D eigenvalue weighted by Gasteiger charge is -2.67. The van der Waals surface area contributed by atoms with Crippen LogP contribution in [0.5, 0.6) is 0 Å². The number of carbonyl (C=O) groups excluding carboxylic acids is 1. The standard InChI is InChI=1S/C25H55O3P13/c1-13-11-14(2)25(10)20(22(13,5)6)16(4)24(9)12-17(15(3)18(23(24,7)8)19(26)21(25)27)28-36(40(35)37(29)30)41(38(31)32)39(33)34/h13-14,16-17,20-21,27H,11-12,29-35H2,1-10H3. The van der Waals surface area contributed by atoms with Gasteiger partial charge in [-0.25, -0.2) is 0 Å². The number of rotatable bonds is 7. The zero-order valence-electron chi connectivity index (χ0n) is 26.4. The first-order valence-corrected chi connectivity index (χ1v) is 37.0. The Balaban J connectivity index is 2.29. The van der Waals surface area contributed by atoms with E-state index in [4.69, 9.17) is 4.52 Å². The topological polar surface area (TPSA) is 46.5 Å². The summed E-state index contributed by atoms with van der Waals surface area (Å²) in [4.78, 5) is 14.7. The molecule has 2 bridgehead atoms. The summed E-state index contributed by atoms with van der Waals surface area (Å²) >= 11 is 0. The van der Waals surface area contributed by atoms with Gasteiger partial charge in [0.15, 0.2) is 5.78 Å². The number of fused-ring (bicyclic) bond motifs is 3. The van der Waals surface area contributed by atoms with Gasteiger partial charge in [-0.05, 0) is 86.2 Å². The van der Waals surface area contributed by atoms with Gasteiger partial charge in [0.1, 0.15) is 6.10 Å². The normalized spacial score (nSPS) is 40.6. The molecule has 0 aromatic carbocycles. The van der Waals surface area contributed by atoms with Crippen LogP contribution in [0.1, 0.15) is 82.1 Å². The molecule has 3 nitrogen and oxygen atoms in total. The second-order valence-electron chi connectivity index (χ2n) is 14.1. The lowest BCUT2D eigenvalue weighted by molar-refractivity contribution is -0.201. The van der Waals surface area contributed by atoms with Gasteiger partial charge in [-0.2, -0.15) is 0 Å². The minimum atomic E-state index is -1.01. The first-order chi connectivity index (χ1) is 18.5. The molecule has 0 saturated heterocycles. The monoisotopic (exact) mass is 806 g/mol. The van der Waals surface area contributed by atoms with Crippen molar-refractivity contribution < 1.29 is 14.4 Å². The third-order valence-corrected chi connectivity index (χ3v) is 82.6. The van der Waals surface area contributed by atoms with E-state index in [-0.39, 0.29) is 67.9 Å². The van der Waals surface area contributed by atoms with Gasteiger partial charge in [0, 0.05) is 25.0 Å². The number of carbonyl (C=O) groups is 1. The smallest absolute Gasteiger partial charge is 0.188 e. The lowest BCUT2D eigenvalue weighted by atomic mass is 9.37. The van der Waals surface area contributed by atoms with Gasteiger partial charge >= 0.3 is 0 Å². The molecule has 3 aliphatic rings. The highest BCUT2D eigenvalue weighted by atomic mass is 33.2. The number of aliphatic hydroxyl groups is 1. The van der Waals surface area contributed by atoms with Gasteiger partial charge in [0.25, 0.3) is 0 Å². The van der Waals surface area contributed by atoms with Gasteiger partial charge < -0.3 is 9.63 Å². The number of ketones is 1. The number of aliphatic hydroxyl groups excluding tert-OH is 1. The Morgan fingerprint density at radius 3 is 1.83 bits per heavy atom. The quantitative estimate of drug-likeness (QED) is 0.261. The molecule has 238 valence electrons. The molecule has 41 heavy (non-hydrogen) atoms. The van der Waals surface area contributed by atoms with Crippen molar-refractivity contribution in [3.63, 3.8) is 0 Å². The van der Waals surface area contributed by atoms with Gasteiger partial charge in [-0.1, -0.05) is 71.2 Å². The Morgan fingerprint density at radius 2 is 1.37 bits per heavy atom. The first-order valence-electron chi connectivity index (χ1n) is 14.1. The van der Waals surface area contributed by atoms with E-state index in [9.17, 15) is 9.90 Å². The molecule has 0 aliphatic heterocycles. The molecule has 16 heteroatoms. The Kier molecular flexibility index (Phi) is 14.4. The fraction of sp³-hybridized carbons (Fsp3) is 0.880. The average Bonchev–Trinajstić information content (AvgIpc) is 2.83. The maximum Gasteiger partial charge on any atom is 0.188 e. The molecule has 2 saturated carbocycles. The van der Waals surface area contributed by atoms with Crippen LogP contribution in [0.3, 0.4) is 0 Å². The van der Waals surface area contributed by atoms with Crippen LogP contribution in [0.4, 0.5) is 0 Å². The summed E-state index contributed by atoms with van der Waals surface area (Å²) in [6.07, 6.45) is 0.852. The van der Waals surface area contributed by atoms with Crippen LogP contribution in [-0.2, 0) is 9.32 Å². The molecule has 0 spiro atoms. The molecule has 0 radical (unpaired) electrons. The van der Waals surface area contributed by atoms with Crippen molar-refractivity contribution in [2.75, 3.05) is 0 Å². The molecule has 1 N–H and O–H groups in total. The Hall–Kier alpha value is 4.92. The van der Waals surface area contributed by atoms with E-state index >= 15 is 0 Å². The van der Waals surface area contributed by atoms with Gasteiger partial charge in [-0.3, -0.25) is 4.79 Å². The van der Waals surface area contributed by atoms with Crippen LogP contribution in [0.25, 0.3) is 0 Å². The summed E-state index contributed by atoms with van der Waals surface area (Å²) in [6, 6.07) is 0. The Morgan fingerprint density at radius 1 is 0.854 bits per heavy atom. The SMILES string of the molecule is CC1=C2C(=O)C(O)C3(C)C(C)CC(C)C(C)(C)C3C(C)C(C)(CC1OP(P(P)P(P)P)P(P(P)P)P(P)P)C2(C)C. The first kappa shape index (κ1) is 40.4. The van der Waals surface area contributed by atoms with E-state index in [0.29, 0.717) is 11.8 Å². The highest BCUT2D eigenvalue weighted by molar-refractivity contribution is 9.19. The largest absolute Gasteiger partial charge is 0.384 e. The van der Waals surface area contributed by atoms with Crippen LogP contribution < -0.4 is 0 Å². The maximum absolute atomic E-state index is 14.7. The molecule has 17 unspecified atom stereocenters. The summed E-state index contributed by atoms with van der Waals surface area (Å²) in [7, 11) is 21.1. The van der Waals surface area contributed by atoms with Gasteiger partial charge in [0.2, 0.25) is 0 Å². The number of Topliss-reactive ketones (excluding diaryl/α,β-unsaturated/α-hetero) is 1. The molecule has 17 atom stereocenters. The van der Waals surface area contributed by atoms with E-state index in [1.807, 2.05) is 0 Å². The predicted octanol–water partition coefficient (Wildman–Crippen LogP) is 12.9. The highest BCUT2D eigenvalue weighted by Gasteiger charge is 2.67. The number of hydrogen-bond acceptors (Lipinski definition) is 3. The Labute approximate surface area is 274 Å². The minimum absolute atomic E-state index is 0.00147. The van der Waals surface area contributed by atoms with Crippen LogP contribution in [-0.4, -0.2) is 23.1 Å². The van der Waals surface area contributed by atoms with Crippen LogP contribution in [0.2, 0.25) is 0 Å². The third-order valence-electron chi connectivity index (χ3n) is 11.8. The number of hydrogen-bond donors (Lipinski definition) is 1. The molecule has 0 aromatic rings. The van der Waals surface area contributed by atoms with E-state index in [2.05, 4.69) is 132 Å². The molecule has 3 aliphatic carbocycles. The second kappa shape index (κ2) is 14.6. The van der Waals surface area contributed by atoms with Gasteiger partial charge in [-0.15, -0.1) is 53.6 Å². The predicted molar refractivity (Wildman–Crippen MR) is 222 cm³/mol. The van der Waals surface area contributed by atoms with Gasteiger partial charge in [0.05, 0.1) is 13.6 Å². The molecular formula is C25H55O3P13. The summed E-state index contributed by atoms with van der Waals surface area (Å²) in [5.41, 5.74) is 0.910. The van der Waals surface area contributed by atoms with E-state index in [0.717, 1.165) is 24.0 Å². The zero-order valence-corrected chi connectivity index (χ0v) is 39.8. The lowest BCUT2D eigenvalue weighted by Crippen LogP contribution is -2.66. The van der Waals surface area contributed by atoms with Crippen molar-refractivity contribution in [3.05, 3.63) is 11.1 Å². The van der Waals surface area contributed by atoms with Crippen LogP contribution in [0, 0.1) is 45.3 Å². The maximum atomic E-state index is 14.7. The van der Waals surface area contributed by atoms with E-state index in [1.165, 1.54) is 0 Å². The summed E-state index contributed by atoms with van der Waals surface area (Å²) in [6.45, 7) is 21.7. The summed E-state index contributed by atoms with van der Waals surface area (Å²) in [5, 5.41) is 12.2. The molecule has 0 aromatic heterocycles. The van der Waals surface area contributed by atoms with Crippen molar-refractivity contribution in [2.45, 2.75) is 94.3 Å². The zero-order chi connectivity index (χ0) is 31.8. The molecular weight excluding hydrogens is 751 g/mol. The average molecular weight is 806 g/mol. The third kappa shape index (κ3) is 6.97. The van der Waals surface area contributed by atoms with Crippen molar-refractivity contribution in [1.29, 1.82) is 0 Å². The molecule has 0 heterocycles. The second-order valence-corrected chi connectivity index (χ2v) is 62.9. The van der Waals surface area contributed by atoms with Crippen LogP contribution >= 0.6 is 105 Å². The summed E-state index contributed by atoms with van der Waals surface area (Å²) < 4.78 is 7.47. The summed E-state index contributed by atoms with van der Waals surface area (Å²) in [5.74, 6) is 1.25. The fourth-order valence-corrected chi connectivity index (χ4v) is 105. The van der Waals surface area contributed by atoms with E-state index < -0.39 is 26.0 Å². The highest BCUT2D eigenvalue weighted by Crippen LogP contribution is 3.17.